The third-order valence-corrected chi connectivity index (χ3v) is 4.05. The van der Waals surface area contributed by atoms with E-state index in [1.807, 2.05) is 24.3 Å². The van der Waals surface area contributed by atoms with Gasteiger partial charge in [-0.1, -0.05) is 63.6 Å². The number of aryl methyl sites for hydroxylation is 1. The van der Waals surface area contributed by atoms with Crippen LogP contribution in [0.5, 0.6) is 5.75 Å². The molecule has 0 saturated carbocycles. The van der Waals surface area contributed by atoms with Crippen LogP contribution in [-0.2, 0) is 21.0 Å². The van der Waals surface area contributed by atoms with Gasteiger partial charge in [-0.2, -0.15) is 0 Å². The van der Waals surface area contributed by atoms with Crippen molar-refractivity contribution in [2.45, 2.75) is 58.3 Å². The van der Waals surface area contributed by atoms with E-state index in [1.165, 1.54) is 38.5 Å². The number of unbranched alkanes of at least 4 members (excludes halogenated alkanes) is 6. The van der Waals surface area contributed by atoms with Gasteiger partial charge in [0.05, 0.1) is 6.61 Å². The van der Waals surface area contributed by atoms with Crippen molar-refractivity contribution in [2.75, 3.05) is 13.2 Å². The van der Waals surface area contributed by atoms with E-state index >= 15 is 0 Å². The molecule has 7 heteroatoms. The molecule has 0 spiro atoms. The van der Waals surface area contributed by atoms with Crippen LogP contribution in [0.3, 0.4) is 0 Å². The summed E-state index contributed by atoms with van der Waals surface area (Å²) >= 11 is 0. The Labute approximate surface area is 168 Å². The molecule has 1 aromatic carbocycles. The fraction of sp³-hybridized carbons (Fsp3) is 0.647. The predicted octanol–water partition coefficient (Wildman–Crippen LogP) is 0.839. The Hall–Kier alpha value is -0.110. The summed E-state index contributed by atoms with van der Waals surface area (Å²) in [7, 11) is -4.65. The molecule has 0 atom stereocenters. The van der Waals surface area contributed by atoms with Crippen LogP contribution in [0.15, 0.2) is 24.3 Å². The maximum absolute atomic E-state index is 10.3. The number of rotatable bonds is 13. The number of hydrogen-bond acceptors (Lipinski definition) is 5. The standard InChI is InChI=1S/C17H28O5S.Na/c1-2-3-4-5-6-7-8-11-16-12-9-10-13-17(16)21-14-15-22-23(18,19)20;/h9-10,12-13H,2-8,11,14-15H2,1H3,(H,18,19,20);/q;+1/p-1. The van der Waals surface area contributed by atoms with E-state index in [0.717, 1.165) is 24.2 Å². The van der Waals surface area contributed by atoms with Crippen molar-refractivity contribution in [1.82, 2.24) is 0 Å². The van der Waals surface area contributed by atoms with Gasteiger partial charge in [-0.05, 0) is 24.5 Å². The summed E-state index contributed by atoms with van der Waals surface area (Å²) < 4.78 is 40.7. The summed E-state index contributed by atoms with van der Waals surface area (Å²) in [4.78, 5) is 0. The first kappa shape index (κ1) is 23.9. The number of ether oxygens (including phenoxy) is 1. The first-order valence-electron chi connectivity index (χ1n) is 8.34. The summed E-state index contributed by atoms with van der Waals surface area (Å²) in [5, 5.41) is 0. The van der Waals surface area contributed by atoms with Crippen LogP contribution in [0.1, 0.15) is 57.4 Å². The van der Waals surface area contributed by atoms with Crippen LogP contribution in [0.25, 0.3) is 0 Å². The Bertz CT molecular complexity index is 534. The average molecular weight is 366 g/mol. The fourth-order valence-electron chi connectivity index (χ4n) is 2.41. The molecule has 0 heterocycles. The largest absolute Gasteiger partial charge is 1.00 e. The molecule has 0 fully saturated rings. The summed E-state index contributed by atoms with van der Waals surface area (Å²) in [6.45, 7) is 1.99. The molecule has 0 unspecified atom stereocenters. The fourth-order valence-corrected chi connectivity index (χ4v) is 2.68. The average Bonchev–Trinajstić information content (AvgIpc) is 2.51. The minimum absolute atomic E-state index is 0. The van der Waals surface area contributed by atoms with Crippen molar-refractivity contribution in [3.05, 3.63) is 29.8 Å². The van der Waals surface area contributed by atoms with E-state index in [2.05, 4.69) is 11.1 Å². The van der Waals surface area contributed by atoms with Crippen LogP contribution in [-0.4, -0.2) is 26.2 Å². The molecule has 0 bridgehead atoms. The van der Waals surface area contributed by atoms with E-state index < -0.39 is 10.4 Å². The molecule has 0 aliphatic rings. The first-order chi connectivity index (χ1) is 11.0. The van der Waals surface area contributed by atoms with Crippen molar-refractivity contribution in [1.29, 1.82) is 0 Å². The number of benzene rings is 1. The Morgan fingerprint density at radius 3 is 2.25 bits per heavy atom. The summed E-state index contributed by atoms with van der Waals surface area (Å²) in [6.07, 6.45) is 9.71. The van der Waals surface area contributed by atoms with Crippen LogP contribution in [0.2, 0.25) is 0 Å². The predicted molar refractivity (Wildman–Crippen MR) is 89.3 cm³/mol. The van der Waals surface area contributed by atoms with Crippen LogP contribution < -0.4 is 34.3 Å². The Morgan fingerprint density at radius 2 is 1.58 bits per heavy atom. The topological polar surface area (TPSA) is 75.7 Å². The second-order valence-corrected chi connectivity index (χ2v) is 6.61. The van der Waals surface area contributed by atoms with Gasteiger partial charge in [0.15, 0.2) is 0 Å². The molecular weight excluding hydrogens is 339 g/mol. The zero-order valence-corrected chi connectivity index (χ0v) is 17.6. The maximum atomic E-state index is 10.3. The Morgan fingerprint density at radius 1 is 0.958 bits per heavy atom. The van der Waals surface area contributed by atoms with Gasteiger partial charge in [0.25, 0.3) is 0 Å². The molecule has 132 valence electrons. The van der Waals surface area contributed by atoms with Crippen molar-refractivity contribution in [3.8, 4) is 5.75 Å². The third kappa shape index (κ3) is 12.3. The SMILES string of the molecule is CCCCCCCCCc1ccccc1OCCOS(=O)(=O)[O-].[Na+]. The molecule has 5 nitrogen and oxygen atoms in total. The van der Waals surface area contributed by atoms with Gasteiger partial charge in [-0.25, -0.2) is 8.42 Å². The Balaban J connectivity index is 0.00000529. The smallest absolute Gasteiger partial charge is 0.726 e. The molecule has 1 aromatic rings. The van der Waals surface area contributed by atoms with Crippen molar-refractivity contribution >= 4 is 10.4 Å². The van der Waals surface area contributed by atoms with Gasteiger partial charge in [-0.3, -0.25) is 4.18 Å². The molecular formula is C17H27NaO5S. The summed E-state index contributed by atoms with van der Waals surface area (Å²) in [5.74, 6) is 0.727. The van der Waals surface area contributed by atoms with E-state index in [4.69, 9.17) is 4.74 Å². The molecule has 0 amide bonds. The van der Waals surface area contributed by atoms with E-state index in [-0.39, 0.29) is 42.8 Å². The van der Waals surface area contributed by atoms with Crippen molar-refractivity contribution in [3.63, 3.8) is 0 Å². The van der Waals surface area contributed by atoms with E-state index in [1.54, 1.807) is 0 Å². The maximum Gasteiger partial charge on any atom is 1.00 e. The van der Waals surface area contributed by atoms with Crippen molar-refractivity contribution < 1.29 is 51.4 Å². The third-order valence-electron chi connectivity index (χ3n) is 3.59. The van der Waals surface area contributed by atoms with Crippen LogP contribution in [0, 0.1) is 0 Å². The van der Waals surface area contributed by atoms with Crippen LogP contribution >= 0.6 is 0 Å². The monoisotopic (exact) mass is 366 g/mol. The summed E-state index contributed by atoms with van der Waals surface area (Å²) in [6, 6.07) is 7.69. The summed E-state index contributed by atoms with van der Waals surface area (Å²) in [5.41, 5.74) is 1.10. The van der Waals surface area contributed by atoms with E-state index in [0.29, 0.717) is 0 Å². The normalized spacial score (nSPS) is 11.1. The van der Waals surface area contributed by atoms with Gasteiger partial charge in [0.1, 0.15) is 12.4 Å². The first-order valence-corrected chi connectivity index (χ1v) is 9.67. The minimum atomic E-state index is -4.65. The Kier molecular flexibility index (Phi) is 14.0. The second kappa shape index (κ2) is 14.1. The molecule has 0 radical (unpaired) electrons. The zero-order chi connectivity index (χ0) is 17.0. The molecule has 0 aliphatic heterocycles. The van der Waals surface area contributed by atoms with Gasteiger partial charge in [0, 0.05) is 0 Å². The van der Waals surface area contributed by atoms with Gasteiger partial charge in [-0.15, -0.1) is 0 Å². The molecule has 24 heavy (non-hydrogen) atoms. The minimum Gasteiger partial charge on any atom is -0.726 e. The van der Waals surface area contributed by atoms with Gasteiger partial charge in [0.2, 0.25) is 10.4 Å². The second-order valence-electron chi connectivity index (χ2n) is 5.56. The van der Waals surface area contributed by atoms with Gasteiger partial charge < -0.3 is 9.29 Å². The number of hydrogen-bond donors (Lipinski definition) is 0. The molecule has 0 aromatic heterocycles. The van der Waals surface area contributed by atoms with E-state index in [9.17, 15) is 13.0 Å². The van der Waals surface area contributed by atoms with Gasteiger partial charge >= 0.3 is 29.6 Å². The zero-order valence-electron chi connectivity index (χ0n) is 14.8. The van der Waals surface area contributed by atoms with Crippen LogP contribution in [0.4, 0.5) is 0 Å². The number of para-hydroxylation sites is 1. The van der Waals surface area contributed by atoms with Crippen molar-refractivity contribution in [2.24, 2.45) is 0 Å². The molecule has 0 N–H and O–H groups in total. The molecule has 0 saturated heterocycles. The quantitative estimate of drug-likeness (QED) is 0.224. The molecule has 1 rings (SSSR count). The molecule has 0 aliphatic carbocycles.